The molecule has 0 atom stereocenters. The van der Waals surface area contributed by atoms with Crippen LogP contribution in [0.1, 0.15) is 18.9 Å². The Morgan fingerprint density at radius 1 is 1.24 bits per heavy atom. The number of ether oxygens (including phenoxy) is 1. The molecule has 150 valence electrons. The van der Waals surface area contributed by atoms with Gasteiger partial charge in [-0.15, -0.1) is 0 Å². The zero-order valence-corrected chi connectivity index (χ0v) is 16.6. The SMILES string of the molecule is CS(=O)(=O)c1n[nH]c2c(Nc3cnn(C4CCOCC4)c3)nc3ccccc3c12. The molecular formula is C19H20N6O3S. The van der Waals surface area contributed by atoms with E-state index in [-0.39, 0.29) is 5.03 Å². The summed E-state index contributed by atoms with van der Waals surface area (Å²) in [6.45, 7) is 1.48. The van der Waals surface area contributed by atoms with E-state index in [2.05, 4.69) is 25.6 Å². The lowest BCUT2D eigenvalue weighted by molar-refractivity contribution is 0.0662. The summed E-state index contributed by atoms with van der Waals surface area (Å²) in [5, 5.41) is 16.0. The predicted octanol–water partition coefficient (Wildman–Crippen LogP) is 2.81. The van der Waals surface area contributed by atoms with Gasteiger partial charge in [-0.05, 0) is 18.9 Å². The molecule has 3 aromatic heterocycles. The number of pyridine rings is 1. The van der Waals surface area contributed by atoms with Gasteiger partial charge in [0.2, 0.25) is 0 Å². The van der Waals surface area contributed by atoms with Crippen molar-refractivity contribution in [3.63, 3.8) is 0 Å². The number of anilines is 2. The van der Waals surface area contributed by atoms with E-state index >= 15 is 0 Å². The number of hydrogen-bond donors (Lipinski definition) is 2. The van der Waals surface area contributed by atoms with Crippen molar-refractivity contribution in [3.8, 4) is 0 Å². The molecule has 9 nitrogen and oxygen atoms in total. The molecule has 1 saturated heterocycles. The maximum absolute atomic E-state index is 12.3. The van der Waals surface area contributed by atoms with Gasteiger partial charge in [0.25, 0.3) is 0 Å². The highest BCUT2D eigenvalue weighted by Gasteiger charge is 2.22. The lowest BCUT2D eigenvalue weighted by Gasteiger charge is -2.22. The van der Waals surface area contributed by atoms with E-state index in [1.807, 2.05) is 35.1 Å². The smallest absolute Gasteiger partial charge is 0.195 e. The number of sulfone groups is 1. The summed E-state index contributed by atoms with van der Waals surface area (Å²) in [5.41, 5.74) is 2.00. The van der Waals surface area contributed by atoms with E-state index in [1.54, 1.807) is 6.20 Å². The molecule has 0 bridgehead atoms. The Kier molecular flexibility index (Phi) is 4.25. The monoisotopic (exact) mass is 412 g/mol. The lowest BCUT2D eigenvalue weighted by atomic mass is 10.1. The first-order valence-corrected chi connectivity index (χ1v) is 11.3. The molecular weight excluding hydrogens is 392 g/mol. The molecule has 0 amide bonds. The van der Waals surface area contributed by atoms with Crippen LogP contribution in [0, 0.1) is 0 Å². The third kappa shape index (κ3) is 3.23. The number of nitrogens with zero attached hydrogens (tertiary/aromatic N) is 4. The maximum atomic E-state index is 12.3. The van der Waals surface area contributed by atoms with Crippen molar-refractivity contribution in [1.82, 2.24) is 25.0 Å². The fourth-order valence-electron chi connectivity index (χ4n) is 3.75. The van der Waals surface area contributed by atoms with Gasteiger partial charge in [0.15, 0.2) is 20.7 Å². The van der Waals surface area contributed by atoms with Crippen LogP contribution < -0.4 is 5.32 Å². The molecule has 2 N–H and O–H groups in total. The Morgan fingerprint density at radius 2 is 2.03 bits per heavy atom. The molecule has 1 fully saturated rings. The minimum atomic E-state index is -3.50. The van der Waals surface area contributed by atoms with Crippen molar-refractivity contribution < 1.29 is 13.2 Å². The number of benzene rings is 1. The minimum Gasteiger partial charge on any atom is -0.381 e. The highest BCUT2D eigenvalue weighted by atomic mass is 32.2. The summed E-state index contributed by atoms with van der Waals surface area (Å²) in [6, 6.07) is 7.74. The summed E-state index contributed by atoms with van der Waals surface area (Å²) in [4.78, 5) is 4.68. The molecule has 1 aliphatic rings. The molecule has 10 heteroatoms. The second-order valence-electron chi connectivity index (χ2n) is 7.21. The highest BCUT2D eigenvalue weighted by molar-refractivity contribution is 7.90. The van der Waals surface area contributed by atoms with Crippen molar-refractivity contribution in [2.24, 2.45) is 0 Å². The Labute approximate surface area is 167 Å². The van der Waals surface area contributed by atoms with Crippen LogP contribution in [-0.2, 0) is 14.6 Å². The van der Waals surface area contributed by atoms with Crippen molar-refractivity contribution in [2.45, 2.75) is 23.9 Å². The van der Waals surface area contributed by atoms with Crippen LogP contribution in [0.4, 0.5) is 11.5 Å². The number of aromatic amines is 1. The van der Waals surface area contributed by atoms with Gasteiger partial charge in [-0.3, -0.25) is 9.78 Å². The zero-order chi connectivity index (χ0) is 20.0. The molecule has 0 radical (unpaired) electrons. The van der Waals surface area contributed by atoms with Gasteiger partial charge in [0.05, 0.1) is 28.8 Å². The molecule has 1 aromatic carbocycles. The molecule has 4 aromatic rings. The summed E-state index contributed by atoms with van der Waals surface area (Å²) < 4.78 is 31.9. The van der Waals surface area contributed by atoms with Gasteiger partial charge in [-0.25, -0.2) is 13.4 Å². The van der Waals surface area contributed by atoms with Crippen LogP contribution in [0.25, 0.3) is 21.8 Å². The van der Waals surface area contributed by atoms with Gasteiger partial charge >= 0.3 is 0 Å². The fourth-order valence-corrected chi connectivity index (χ4v) is 4.55. The average molecular weight is 412 g/mol. The van der Waals surface area contributed by atoms with Crippen LogP contribution in [0.15, 0.2) is 41.7 Å². The minimum absolute atomic E-state index is 0.0204. The van der Waals surface area contributed by atoms with E-state index in [4.69, 9.17) is 4.74 Å². The maximum Gasteiger partial charge on any atom is 0.195 e. The third-order valence-corrected chi connectivity index (χ3v) is 6.15. The first kappa shape index (κ1) is 18.1. The standard InChI is InChI=1S/C19H20N6O3S/c1-29(26,27)19-16-14-4-2-3-5-15(14)22-18(17(16)23-24-19)21-12-10-20-25(11-12)13-6-8-28-9-7-13/h2-5,10-11,13H,6-9H2,1H3,(H,21,22)(H,23,24). The Balaban J connectivity index is 1.60. The lowest BCUT2D eigenvalue weighted by Crippen LogP contribution is -2.19. The van der Waals surface area contributed by atoms with E-state index in [1.165, 1.54) is 0 Å². The Hall–Kier alpha value is -2.98. The van der Waals surface area contributed by atoms with Crippen LogP contribution in [-0.4, -0.2) is 52.8 Å². The van der Waals surface area contributed by atoms with Crippen LogP contribution in [0.5, 0.6) is 0 Å². The third-order valence-electron chi connectivity index (χ3n) is 5.16. The molecule has 0 aliphatic carbocycles. The second kappa shape index (κ2) is 6.82. The number of para-hydroxylation sites is 1. The van der Waals surface area contributed by atoms with Crippen LogP contribution in [0.2, 0.25) is 0 Å². The first-order valence-electron chi connectivity index (χ1n) is 9.36. The quantitative estimate of drug-likeness (QED) is 0.530. The number of fused-ring (bicyclic) bond motifs is 3. The van der Waals surface area contributed by atoms with E-state index in [0.29, 0.717) is 28.3 Å². The first-order chi connectivity index (χ1) is 14.0. The summed E-state index contributed by atoms with van der Waals surface area (Å²) in [5.74, 6) is 0.507. The largest absolute Gasteiger partial charge is 0.381 e. The molecule has 5 rings (SSSR count). The Morgan fingerprint density at radius 3 is 2.83 bits per heavy atom. The molecule has 0 unspecified atom stereocenters. The van der Waals surface area contributed by atoms with E-state index in [9.17, 15) is 8.42 Å². The number of hydrogen-bond acceptors (Lipinski definition) is 7. The van der Waals surface area contributed by atoms with E-state index < -0.39 is 9.84 Å². The number of H-pyrrole nitrogens is 1. The van der Waals surface area contributed by atoms with E-state index in [0.717, 1.165) is 43.4 Å². The van der Waals surface area contributed by atoms with Crippen molar-refractivity contribution in [1.29, 1.82) is 0 Å². The molecule has 29 heavy (non-hydrogen) atoms. The van der Waals surface area contributed by atoms with Gasteiger partial charge in [0, 0.05) is 31.1 Å². The highest BCUT2D eigenvalue weighted by Crippen LogP contribution is 2.33. The van der Waals surface area contributed by atoms with Gasteiger partial charge in [-0.1, -0.05) is 18.2 Å². The normalized spacial score (nSPS) is 15.9. The van der Waals surface area contributed by atoms with Crippen molar-refractivity contribution in [3.05, 3.63) is 36.7 Å². The van der Waals surface area contributed by atoms with Crippen LogP contribution in [0.3, 0.4) is 0 Å². The second-order valence-corrected chi connectivity index (χ2v) is 9.14. The molecule has 1 aliphatic heterocycles. The predicted molar refractivity (Wildman–Crippen MR) is 109 cm³/mol. The molecule has 0 saturated carbocycles. The van der Waals surface area contributed by atoms with Crippen LogP contribution >= 0.6 is 0 Å². The number of aromatic nitrogens is 5. The summed E-state index contributed by atoms with van der Waals surface area (Å²) >= 11 is 0. The topological polar surface area (TPSA) is 115 Å². The Bertz CT molecular complexity index is 1300. The fraction of sp³-hybridized carbons (Fsp3) is 0.316. The molecule has 0 spiro atoms. The van der Waals surface area contributed by atoms with Gasteiger partial charge < -0.3 is 10.1 Å². The summed E-state index contributed by atoms with van der Waals surface area (Å²) in [7, 11) is -3.50. The van der Waals surface area contributed by atoms with Crippen molar-refractivity contribution >= 4 is 43.1 Å². The van der Waals surface area contributed by atoms with Gasteiger partial charge in [0.1, 0.15) is 5.52 Å². The average Bonchev–Trinajstić information content (AvgIpc) is 3.36. The summed E-state index contributed by atoms with van der Waals surface area (Å²) in [6.07, 6.45) is 6.69. The van der Waals surface area contributed by atoms with Crippen molar-refractivity contribution in [2.75, 3.05) is 24.8 Å². The molecule has 4 heterocycles. The number of rotatable bonds is 4. The van der Waals surface area contributed by atoms with Gasteiger partial charge in [-0.2, -0.15) is 10.2 Å². The number of nitrogens with one attached hydrogen (secondary N) is 2. The zero-order valence-electron chi connectivity index (χ0n) is 15.8.